The number of hydrogen-bond acceptors (Lipinski definition) is 5. The molecule has 2 rings (SSSR count). The molecule has 1 amide bonds. The number of rotatable bonds is 5. The Bertz CT molecular complexity index is 610. The van der Waals surface area contributed by atoms with Crippen LogP contribution < -0.4 is 5.32 Å². The molecule has 1 atom stereocenters. The lowest BCUT2D eigenvalue weighted by Gasteiger charge is -2.33. The van der Waals surface area contributed by atoms with Gasteiger partial charge in [0.25, 0.3) is 0 Å². The summed E-state index contributed by atoms with van der Waals surface area (Å²) in [5.41, 5.74) is 1.43. The summed E-state index contributed by atoms with van der Waals surface area (Å²) in [5.74, 6) is 0.560. The first-order valence-corrected chi connectivity index (χ1v) is 8.67. The van der Waals surface area contributed by atoms with E-state index >= 15 is 0 Å². The smallest absolute Gasteiger partial charge is 0.407 e. The molecule has 1 saturated heterocycles. The highest BCUT2D eigenvalue weighted by Crippen LogP contribution is 2.17. The highest BCUT2D eigenvalue weighted by molar-refractivity contribution is 5.68. The van der Waals surface area contributed by atoms with Gasteiger partial charge in [-0.2, -0.15) is 0 Å². The van der Waals surface area contributed by atoms with Crippen molar-refractivity contribution in [1.29, 1.82) is 0 Å². The SMILES string of the molecule is C=C(OC)c1cc(CN2CCCC(NC(=O)OC(C)(C)C)C2)ccn1. The van der Waals surface area contributed by atoms with Crippen LogP contribution in [0.25, 0.3) is 5.76 Å². The molecule has 1 aromatic heterocycles. The maximum Gasteiger partial charge on any atom is 0.407 e. The average molecular weight is 347 g/mol. The number of carbonyl (C=O) groups excluding carboxylic acids is 1. The van der Waals surface area contributed by atoms with Gasteiger partial charge in [-0.25, -0.2) is 4.79 Å². The van der Waals surface area contributed by atoms with E-state index in [1.54, 1.807) is 13.3 Å². The van der Waals surface area contributed by atoms with Crippen molar-refractivity contribution in [2.45, 2.75) is 51.8 Å². The summed E-state index contributed by atoms with van der Waals surface area (Å²) in [6, 6.07) is 4.10. The summed E-state index contributed by atoms with van der Waals surface area (Å²) in [6.45, 7) is 12.1. The summed E-state index contributed by atoms with van der Waals surface area (Å²) >= 11 is 0. The minimum atomic E-state index is -0.477. The summed E-state index contributed by atoms with van der Waals surface area (Å²) < 4.78 is 10.5. The first-order valence-electron chi connectivity index (χ1n) is 8.67. The van der Waals surface area contributed by atoms with E-state index < -0.39 is 5.60 Å². The fourth-order valence-corrected chi connectivity index (χ4v) is 2.88. The third kappa shape index (κ3) is 6.38. The predicted octanol–water partition coefficient (Wildman–Crippen LogP) is 3.19. The van der Waals surface area contributed by atoms with E-state index in [2.05, 4.69) is 21.8 Å². The fraction of sp³-hybridized carbons (Fsp3) is 0.579. The van der Waals surface area contributed by atoms with Crippen molar-refractivity contribution in [2.75, 3.05) is 20.2 Å². The highest BCUT2D eigenvalue weighted by atomic mass is 16.6. The first kappa shape index (κ1) is 19.2. The van der Waals surface area contributed by atoms with Crippen LogP contribution in [-0.4, -0.2) is 47.8 Å². The Morgan fingerprint density at radius 1 is 1.48 bits per heavy atom. The van der Waals surface area contributed by atoms with Crippen molar-refractivity contribution in [3.63, 3.8) is 0 Å². The van der Waals surface area contributed by atoms with Crippen LogP contribution in [0.15, 0.2) is 24.9 Å². The van der Waals surface area contributed by atoms with Crippen LogP contribution in [0.4, 0.5) is 4.79 Å². The molecule has 0 bridgehead atoms. The number of ether oxygens (including phenoxy) is 2. The van der Waals surface area contributed by atoms with Gasteiger partial charge in [0.2, 0.25) is 0 Å². The molecule has 6 nitrogen and oxygen atoms in total. The molecule has 0 spiro atoms. The van der Waals surface area contributed by atoms with Gasteiger partial charge >= 0.3 is 6.09 Å². The molecule has 1 aromatic rings. The molecule has 1 aliphatic heterocycles. The standard InChI is InChI=1S/C19H29N3O3/c1-14(24-5)17-11-15(8-9-20-17)12-22-10-6-7-16(13-22)21-18(23)25-19(2,3)4/h8-9,11,16H,1,6-7,10,12-13H2,2-5H3,(H,21,23). The van der Waals surface area contributed by atoms with Crippen molar-refractivity contribution < 1.29 is 14.3 Å². The number of likely N-dealkylation sites (tertiary alicyclic amines) is 1. The number of hydrogen-bond donors (Lipinski definition) is 1. The molecule has 138 valence electrons. The Labute approximate surface area is 150 Å². The Morgan fingerprint density at radius 3 is 2.92 bits per heavy atom. The number of amides is 1. The normalized spacial score (nSPS) is 18.5. The molecule has 25 heavy (non-hydrogen) atoms. The monoisotopic (exact) mass is 347 g/mol. The summed E-state index contributed by atoms with van der Waals surface area (Å²) in [4.78, 5) is 18.6. The molecule has 2 heterocycles. The molecule has 1 unspecified atom stereocenters. The van der Waals surface area contributed by atoms with E-state index in [4.69, 9.17) is 9.47 Å². The van der Waals surface area contributed by atoms with E-state index in [1.165, 1.54) is 0 Å². The van der Waals surface area contributed by atoms with E-state index in [-0.39, 0.29) is 12.1 Å². The quantitative estimate of drug-likeness (QED) is 0.829. The van der Waals surface area contributed by atoms with Crippen molar-refractivity contribution in [2.24, 2.45) is 0 Å². The van der Waals surface area contributed by atoms with Crippen LogP contribution in [0.2, 0.25) is 0 Å². The molecule has 0 radical (unpaired) electrons. The van der Waals surface area contributed by atoms with Crippen LogP contribution in [-0.2, 0) is 16.0 Å². The fourth-order valence-electron chi connectivity index (χ4n) is 2.88. The van der Waals surface area contributed by atoms with Crippen molar-refractivity contribution in [1.82, 2.24) is 15.2 Å². The number of alkyl carbamates (subject to hydrolysis) is 1. The number of methoxy groups -OCH3 is 1. The maximum absolute atomic E-state index is 12.0. The van der Waals surface area contributed by atoms with Gasteiger partial charge < -0.3 is 14.8 Å². The Morgan fingerprint density at radius 2 is 2.24 bits per heavy atom. The van der Waals surface area contributed by atoms with E-state index in [9.17, 15) is 4.79 Å². The van der Waals surface area contributed by atoms with Gasteiger partial charge in [0.1, 0.15) is 17.1 Å². The van der Waals surface area contributed by atoms with E-state index in [0.717, 1.165) is 43.7 Å². The van der Waals surface area contributed by atoms with Crippen LogP contribution >= 0.6 is 0 Å². The number of piperidine rings is 1. The zero-order valence-corrected chi connectivity index (χ0v) is 15.7. The maximum atomic E-state index is 12.0. The third-order valence-corrected chi connectivity index (χ3v) is 3.99. The number of carbonyl (C=O) groups is 1. The van der Waals surface area contributed by atoms with Gasteiger partial charge in [0.15, 0.2) is 0 Å². The van der Waals surface area contributed by atoms with Gasteiger partial charge in [-0.3, -0.25) is 9.88 Å². The summed E-state index contributed by atoms with van der Waals surface area (Å²) in [5, 5.41) is 2.98. The molecule has 0 aromatic carbocycles. The highest BCUT2D eigenvalue weighted by Gasteiger charge is 2.24. The number of aromatic nitrogens is 1. The third-order valence-electron chi connectivity index (χ3n) is 3.99. The van der Waals surface area contributed by atoms with Gasteiger partial charge in [0.05, 0.1) is 7.11 Å². The Kier molecular flexibility index (Phi) is 6.42. The molecule has 1 N–H and O–H groups in total. The van der Waals surface area contributed by atoms with Crippen LogP contribution in [0.5, 0.6) is 0 Å². The Balaban J connectivity index is 1.91. The molecule has 1 fully saturated rings. The lowest BCUT2D eigenvalue weighted by Crippen LogP contribution is -2.48. The molecular formula is C19H29N3O3. The van der Waals surface area contributed by atoms with Crippen LogP contribution in [0, 0.1) is 0 Å². The van der Waals surface area contributed by atoms with Gasteiger partial charge in [-0.1, -0.05) is 6.58 Å². The largest absolute Gasteiger partial charge is 0.495 e. The summed E-state index contributed by atoms with van der Waals surface area (Å²) in [7, 11) is 1.59. The molecule has 0 aliphatic carbocycles. The molecular weight excluding hydrogens is 318 g/mol. The minimum absolute atomic E-state index is 0.110. The molecule has 6 heteroatoms. The molecule has 1 aliphatic rings. The molecule has 0 saturated carbocycles. The van der Waals surface area contributed by atoms with Crippen molar-refractivity contribution in [3.05, 3.63) is 36.2 Å². The average Bonchev–Trinajstić information content (AvgIpc) is 2.52. The van der Waals surface area contributed by atoms with Crippen molar-refractivity contribution in [3.8, 4) is 0 Å². The zero-order valence-electron chi connectivity index (χ0n) is 15.7. The second-order valence-corrected chi connectivity index (χ2v) is 7.40. The number of pyridine rings is 1. The van der Waals surface area contributed by atoms with Crippen LogP contribution in [0.1, 0.15) is 44.9 Å². The predicted molar refractivity (Wildman–Crippen MR) is 97.9 cm³/mol. The lowest BCUT2D eigenvalue weighted by atomic mass is 10.0. The minimum Gasteiger partial charge on any atom is -0.495 e. The topological polar surface area (TPSA) is 63.7 Å². The lowest BCUT2D eigenvalue weighted by molar-refractivity contribution is 0.0470. The van der Waals surface area contributed by atoms with Gasteiger partial charge in [-0.05, 0) is 57.9 Å². The van der Waals surface area contributed by atoms with Crippen LogP contribution in [0.3, 0.4) is 0 Å². The van der Waals surface area contributed by atoms with Gasteiger partial charge in [0, 0.05) is 25.3 Å². The van der Waals surface area contributed by atoms with E-state index in [0.29, 0.717) is 5.76 Å². The zero-order chi connectivity index (χ0) is 18.4. The first-order chi connectivity index (χ1) is 11.8. The van der Waals surface area contributed by atoms with Gasteiger partial charge in [-0.15, -0.1) is 0 Å². The summed E-state index contributed by atoms with van der Waals surface area (Å²) in [6.07, 6.45) is 3.44. The van der Waals surface area contributed by atoms with Crippen molar-refractivity contribution >= 4 is 11.9 Å². The second kappa shape index (κ2) is 8.34. The number of nitrogens with zero attached hydrogens (tertiary/aromatic N) is 2. The number of nitrogens with one attached hydrogen (secondary N) is 1. The second-order valence-electron chi connectivity index (χ2n) is 7.40. The Hall–Kier alpha value is -2.08. The van der Waals surface area contributed by atoms with E-state index in [1.807, 2.05) is 32.9 Å².